The van der Waals surface area contributed by atoms with E-state index >= 15 is 0 Å². The highest BCUT2D eigenvalue weighted by Crippen LogP contribution is 2.34. The number of ether oxygens (including phenoxy) is 6. The fourth-order valence-electron chi connectivity index (χ4n) is 6.29. The third-order valence-electron chi connectivity index (χ3n) is 9.23. The summed E-state index contributed by atoms with van der Waals surface area (Å²) in [7, 11) is 0. The van der Waals surface area contributed by atoms with E-state index < -0.39 is 59.3 Å². The van der Waals surface area contributed by atoms with Gasteiger partial charge in [0.25, 0.3) is 23.6 Å². The van der Waals surface area contributed by atoms with Crippen LogP contribution in [0.4, 0.5) is 0 Å². The van der Waals surface area contributed by atoms with Crippen molar-refractivity contribution in [2.75, 3.05) is 96.4 Å². The molecule has 2 fully saturated rings. The predicted octanol–water partition coefficient (Wildman–Crippen LogP) is 3.34. The third kappa shape index (κ3) is 21.1. The van der Waals surface area contributed by atoms with Crippen molar-refractivity contribution in [3.05, 3.63) is 58.7 Å². The second kappa shape index (κ2) is 37.8. The number of terminal acetylenes is 3. The molecule has 4 aliphatic rings. The monoisotopic (exact) mass is 1110 g/mol. The number of imide groups is 4. The lowest BCUT2D eigenvalue weighted by atomic mass is 10.0. The van der Waals surface area contributed by atoms with Crippen LogP contribution in [0.2, 0.25) is 0 Å². The number of amides is 8. The van der Waals surface area contributed by atoms with Crippen molar-refractivity contribution in [1.29, 1.82) is 0 Å². The number of rotatable bonds is 20. The molecule has 0 radical (unpaired) electrons. The minimum atomic E-state index is -1.01. The zero-order chi connectivity index (χ0) is 51.8. The smallest absolute Gasteiger partial charge is 0.266 e. The first-order valence-electron chi connectivity index (χ1n) is 21.3. The predicted molar refractivity (Wildman–Crippen MR) is 270 cm³/mol. The molecular weight excluding hydrogens is 1050 g/mol. The molecule has 6 rings (SSSR count). The maximum Gasteiger partial charge on any atom is 0.266 e. The SMILES string of the molecule is C.C.C#CCBr.C#CCOCCOCCCl.C#CCOCCOCCOc1cccc2c1C(=O)N(C1CCC(=O)NC1=O)C2=O.O=C1CCC(N2C(=O)c3cccc(O)c3C2=O)C(=O)N1.OCCOCCCl. The summed E-state index contributed by atoms with van der Waals surface area (Å²) in [6.45, 7) is 4.37. The zero-order valence-electron chi connectivity index (χ0n) is 37.9. The largest absolute Gasteiger partial charge is 0.507 e. The van der Waals surface area contributed by atoms with Gasteiger partial charge in [0, 0.05) is 24.6 Å². The third-order valence-corrected chi connectivity index (χ3v) is 9.86. The number of carbonyl (C=O) groups is 8. The number of benzene rings is 2. The van der Waals surface area contributed by atoms with E-state index in [4.69, 9.17) is 76.0 Å². The van der Waals surface area contributed by atoms with Gasteiger partial charge >= 0.3 is 0 Å². The quantitative estimate of drug-likeness (QED) is 0.0641. The molecule has 8 amide bonds. The summed E-state index contributed by atoms with van der Waals surface area (Å²) in [6, 6.07) is 6.83. The second-order valence-electron chi connectivity index (χ2n) is 13.9. The molecule has 0 aliphatic carbocycles. The number of hydrogen-bond acceptors (Lipinski definition) is 16. The molecule has 0 aromatic heterocycles. The van der Waals surface area contributed by atoms with E-state index in [0.29, 0.717) is 69.9 Å². The van der Waals surface area contributed by atoms with Gasteiger partial charge in [-0.05, 0) is 37.1 Å². The number of aliphatic hydroxyl groups excluding tert-OH is 1. The summed E-state index contributed by atoms with van der Waals surface area (Å²) in [5, 5.41) is 22.7. The number of fused-ring (bicyclic) bond motifs is 2. The summed E-state index contributed by atoms with van der Waals surface area (Å²) in [4.78, 5) is 98.1. The second-order valence-corrected chi connectivity index (χ2v) is 15.2. The fourth-order valence-corrected chi connectivity index (χ4v) is 6.51. The highest BCUT2D eigenvalue weighted by atomic mass is 79.9. The van der Waals surface area contributed by atoms with Crippen molar-refractivity contribution < 1.29 is 77.0 Å². The number of nitrogens with zero attached hydrogens (tertiary/aromatic N) is 2. The summed E-state index contributed by atoms with van der Waals surface area (Å²) in [5.74, 6) is 3.32. The van der Waals surface area contributed by atoms with Crippen molar-refractivity contribution >= 4 is 86.4 Å². The Bertz CT molecular complexity index is 2240. The fraction of sp³-hybridized carbons (Fsp3) is 0.469. The minimum Gasteiger partial charge on any atom is -0.507 e. The van der Waals surface area contributed by atoms with Crippen LogP contribution < -0.4 is 15.4 Å². The zero-order valence-corrected chi connectivity index (χ0v) is 41.0. The molecule has 4 N–H and O–H groups in total. The maximum absolute atomic E-state index is 12.9. The Kier molecular flexibility index (Phi) is 34.7. The number of nitrogens with one attached hydrogen (secondary N) is 2. The van der Waals surface area contributed by atoms with Crippen LogP contribution >= 0.6 is 39.1 Å². The van der Waals surface area contributed by atoms with Gasteiger partial charge in [-0.25, -0.2) is 0 Å². The van der Waals surface area contributed by atoms with Gasteiger partial charge in [0.05, 0.1) is 87.0 Å². The normalized spacial score (nSPS) is 16.0. The van der Waals surface area contributed by atoms with E-state index in [2.05, 4.69) is 44.3 Å². The molecule has 2 aromatic rings. The lowest BCUT2D eigenvalue weighted by Gasteiger charge is -2.27. The Balaban J connectivity index is 0.00000101. The average Bonchev–Trinajstić information content (AvgIpc) is 3.76. The van der Waals surface area contributed by atoms with Gasteiger partial charge in [0.15, 0.2) is 0 Å². The molecule has 2 atom stereocenters. The van der Waals surface area contributed by atoms with Crippen LogP contribution in [0.1, 0.15) is 82.0 Å². The van der Waals surface area contributed by atoms with Crippen LogP contribution in [0.15, 0.2) is 36.4 Å². The molecule has 72 heavy (non-hydrogen) atoms. The van der Waals surface area contributed by atoms with Crippen LogP contribution in [0, 0.1) is 37.0 Å². The number of aromatic hydroxyl groups is 1. The summed E-state index contributed by atoms with van der Waals surface area (Å²) < 4.78 is 30.7. The minimum absolute atomic E-state index is 0. The number of phenols is 1. The molecule has 2 saturated heterocycles. The van der Waals surface area contributed by atoms with E-state index in [0.717, 1.165) is 9.80 Å². The Morgan fingerprint density at radius 1 is 0.597 bits per heavy atom. The molecule has 2 aromatic carbocycles. The van der Waals surface area contributed by atoms with Gasteiger partial charge in [0.2, 0.25) is 23.6 Å². The first-order chi connectivity index (χ1) is 33.8. The lowest BCUT2D eigenvalue weighted by molar-refractivity contribution is -0.137. The molecule has 4 aliphatic heterocycles. The van der Waals surface area contributed by atoms with Gasteiger partial charge in [-0.15, -0.1) is 42.5 Å². The van der Waals surface area contributed by atoms with Gasteiger partial charge in [-0.1, -0.05) is 60.7 Å². The summed E-state index contributed by atoms with van der Waals surface area (Å²) in [5.41, 5.74) is 0.252. The lowest BCUT2D eigenvalue weighted by Crippen LogP contribution is -2.54. The van der Waals surface area contributed by atoms with Crippen molar-refractivity contribution in [2.45, 2.75) is 52.6 Å². The Morgan fingerprint density at radius 3 is 1.44 bits per heavy atom. The van der Waals surface area contributed by atoms with Gasteiger partial charge < -0.3 is 38.6 Å². The molecule has 0 saturated carbocycles. The first kappa shape index (κ1) is 66.1. The van der Waals surface area contributed by atoms with Gasteiger partial charge in [-0.3, -0.25) is 58.8 Å². The van der Waals surface area contributed by atoms with E-state index in [1.165, 1.54) is 24.3 Å². The van der Waals surface area contributed by atoms with Crippen LogP contribution in [0.5, 0.6) is 11.5 Å². The number of carbonyl (C=O) groups excluding carboxylic acids is 8. The van der Waals surface area contributed by atoms with E-state index in [-0.39, 0.29) is 101 Å². The topological polar surface area (TPSA) is 263 Å². The number of aliphatic hydroxyl groups is 1. The van der Waals surface area contributed by atoms with E-state index in [9.17, 15) is 43.5 Å². The number of alkyl halides is 3. The molecular formula is C49H61BrCl2N4O16. The van der Waals surface area contributed by atoms with Crippen molar-refractivity contribution in [3.8, 4) is 48.5 Å². The van der Waals surface area contributed by atoms with Crippen molar-refractivity contribution in [3.63, 3.8) is 0 Å². The molecule has 23 heteroatoms. The highest BCUT2D eigenvalue weighted by molar-refractivity contribution is 9.09. The number of halogens is 3. The van der Waals surface area contributed by atoms with Gasteiger partial charge in [0.1, 0.15) is 43.4 Å². The molecule has 0 spiro atoms. The Morgan fingerprint density at radius 2 is 1.01 bits per heavy atom. The number of piperidine rings is 2. The standard InChI is InChI=1S/C20H20N2O7.C13H10N2O5.C7H11ClO2.C4H9ClO2.C3H3Br.2CH4/c1-2-8-27-9-10-28-11-12-29-15-5-3-4-13-17(15)20(26)22(19(13)25)14-6-7-16(23)21-18(14)24;16-8-3-1-2-6-10(8)13(20)15(12(6)19)7-4-5-9(17)14-11(7)18;1-2-4-9-6-7-10-5-3-8;5-1-3-7-4-2-6;1-2-3-4;;/h1,3-5,14H,6-12H2,(H,21,23,24);1-3,7,16H,4-5H2,(H,14,17,18);1H,3-7H2;6H,1-4H2;1H,3H2;2*1H4. The first-order valence-corrected chi connectivity index (χ1v) is 23.5. The molecule has 4 heterocycles. The molecule has 2 unspecified atom stereocenters. The number of phenolic OH excluding ortho intramolecular Hbond substituents is 1. The molecule has 20 nitrogen and oxygen atoms in total. The van der Waals surface area contributed by atoms with Crippen LogP contribution in [-0.4, -0.2) is 176 Å². The molecule has 394 valence electrons. The van der Waals surface area contributed by atoms with Gasteiger partial charge in [-0.2, -0.15) is 0 Å². The van der Waals surface area contributed by atoms with E-state index in [1.54, 1.807) is 12.1 Å². The van der Waals surface area contributed by atoms with Crippen LogP contribution in [0.3, 0.4) is 0 Å². The average molecular weight is 1110 g/mol. The van der Waals surface area contributed by atoms with Crippen molar-refractivity contribution in [2.24, 2.45) is 0 Å². The highest BCUT2D eigenvalue weighted by Gasteiger charge is 2.47. The van der Waals surface area contributed by atoms with Crippen LogP contribution in [-0.2, 0) is 42.9 Å². The maximum atomic E-state index is 12.9. The molecule has 0 bridgehead atoms. The van der Waals surface area contributed by atoms with Crippen LogP contribution in [0.25, 0.3) is 0 Å². The number of hydrogen-bond donors (Lipinski definition) is 4. The summed E-state index contributed by atoms with van der Waals surface area (Å²) >= 11 is 13.6. The van der Waals surface area contributed by atoms with E-state index in [1.807, 2.05) is 0 Å². The Labute approximate surface area is 438 Å². The summed E-state index contributed by atoms with van der Waals surface area (Å²) in [6.07, 6.45) is 15.1. The Hall–Kier alpha value is -5.90. The van der Waals surface area contributed by atoms with Crippen molar-refractivity contribution in [1.82, 2.24) is 20.4 Å².